The van der Waals surface area contributed by atoms with Gasteiger partial charge < -0.3 is 32.5 Å². The van der Waals surface area contributed by atoms with Gasteiger partial charge in [-0.2, -0.15) is 12.6 Å². The van der Waals surface area contributed by atoms with Crippen LogP contribution in [0, 0.1) is 5.92 Å². The van der Waals surface area contributed by atoms with Crippen LogP contribution in [0.1, 0.15) is 25.8 Å². The first kappa shape index (κ1) is 27.9. The summed E-state index contributed by atoms with van der Waals surface area (Å²) in [4.78, 5) is 60.8. The second kappa shape index (κ2) is 13.4. The van der Waals surface area contributed by atoms with Gasteiger partial charge in [0.2, 0.25) is 23.6 Å². The first-order valence-corrected chi connectivity index (χ1v) is 10.9. The molecular formula is C21H31N5O6S. The fourth-order valence-electron chi connectivity index (χ4n) is 2.87. The smallest absolute Gasteiger partial charge is 0.326 e. The van der Waals surface area contributed by atoms with Crippen molar-refractivity contribution in [2.24, 2.45) is 17.4 Å². The summed E-state index contributed by atoms with van der Waals surface area (Å²) in [5.74, 6) is -4.75. The van der Waals surface area contributed by atoms with Crippen LogP contribution in [0.5, 0.6) is 0 Å². The summed E-state index contributed by atoms with van der Waals surface area (Å²) < 4.78 is 0. The van der Waals surface area contributed by atoms with E-state index in [0.29, 0.717) is 5.56 Å². The van der Waals surface area contributed by atoms with Crippen molar-refractivity contribution in [1.29, 1.82) is 0 Å². The van der Waals surface area contributed by atoms with E-state index in [1.54, 1.807) is 44.2 Å². The molecule has 0 aromatic heterocycles. The van der Waals surface area contributed by atoms with Gasteiger partial charge in [0.05, 0.1) is 12.5 Å². The van der Waals surface area contributed by atoms with Gasteiger partial charge >= 0.3 is 5.97 Å². The minimum atomic E-state index is -1.44. The Morgan fingerprint density at radius 2 is 1.52 bits per heavy atom. The number of rotatable bonds is 13. The number of primary amides is 1. The van der Waals surface area contributed by atoms with Crippen LogP contribution in [0.25, 0.3) is 0 Å². The number of carboxylic acid groups (broad SMARTS) is 1. The van der Waals surface area contributed by atoms with Gasteiger partial charge in [-0.3, -0.25) is 19.2 Å². The predicted octanol–water partition coefficient (Wildman–Crippen LogP) is -1.44. The number of hydrogen-bond acceptors (Lipinski definition) is 7. The van der Waals surface area contributed by atoms with E-state index < -0.39 is 60.2 Å². The molecule has 4 unspecified atom stereocenters. The van der Waals surface area contributed by atoms with Crippen LogP contribution in [-0.2, 0) is 30.4 Å². The van der Waals surface area contributed by atoms with E-state index >= 15 is 0 Å². The lowest BCUT2D eigenvalue weighted by molar-refractivity contribution is -0.142. The van der Waals surface area contributed by atoms with E-state index in [0.717, 1.165) is 0 Å². The number of amides is 4. The highest BCUT2D eigenvalue weighted by Gasteiger charge is 2.32. The van der Waals surface area contributed by atoms with Crippen LogP contribution in [0.2, 0.25) is 0 Å². The third-order valence-electron chi connectivity index (χ3n) is 4.72. The zero-order valence-corrected chi connectivity index (χ0v) is 19.4. The Bertz CT molecular complexity index is 851. The highest BCUT2D eigenvalue weighted by Crippen LogP contribution is 2.07. The van der Waals surface area contributed by atoms with E-state index in [1.807, 2.05) is 0 Å². The number of aliphatic carboxylic acids is 1. The van der Waals surface area contributed by atoms with Crippen molar-refractivity contribution in [1.82, 2.24) is 16.0 Å². The van der Waals surface area contributed by atoms with Crippen LogP contribution in [0.3, 0.4) is 0 Å². The quantitative estimate of drug-likeness (QED) is 0.168. The first-order valence-electron chi connectivity index (χ1n) is 10.3. The maximum Gasteiger partial charge on any atom is 0.326 e. The van der Waals surface area contributed by atoms with Gasteiger partial charge in [-0.15, -0.1) is 0 Å². The van der Waals surface area contributed by atoms with E-state index in [9.17, 15) is 29.1 Å². The van der Waals surface area contributed by atoms with Crippen molar-refractivity contribution in [3.05, 3.63) is 35.9 Å². The number of carbonyl (C=O) groups excluding carboxylic acids is 4. The molecule has 0 bridgehead atoms. The fraction of sp³-hybridized carbons (Fsp3) is 0.476. The van der Waals surface area contributed by atoms with Crippen molar-refractivity contribution < 1.29 is 29.1 Å². The van der Waals surface area contributed by atoms with E-state index in [1.165, 1.54) is 0 Å². The molecule has 0 aliphatic heterocycles. The molecule has 0 saturated carbocycles. The van der Waals surface area contributed by atoms with E-state index in [4.69, 9.17) is 11.5 Å². The Morgan fingerprint density at radius 1 is 0.939 bits per heavy atom. The third kappa shape index (κ3) is 9.49. The molecule has 182 valence electrons. The molecule has 4 amide bonds. The number of carboxylic acids is 1. The lowest BCUT2D eigenvalue weighted by atomic mass is 10.0. The highest BCUT2D eigenvalue weighted by molar-refractivity contribution is 7.80. The number of nitrogens with two attached hydrogens (primary N) is 2. The summed E-state index contributed by atoms with van der Waals surface area (Å²) in [6.07, 6.45) is -0.574. The van der Waals surface area contributed by atoms with Crippen molar-refractivity contribution in [2.75, 3.05) is 5.75 Å². The van der Waals surface area contributed by atoms with E-state index in [-0.39, 0.29) is 18.1 Å². The average molecular weight is 482 g/mol. The second-order valence-electron chi connectivity index (χ2n) is 7.84. The number of nitrogens with one attached hydrogen (secondary N) is 3. The number of hydrogen-bond donors (Lipinski definition) is 7. The first-order chi connectivity index (χ1) is 15.5. The highest BCUT2D eigenvalue weighted by atomic mass is 32.1. The minimum absolute atomic E-state index is 0.00849. The number of carbonyl (C=O) groups is 5. The SMILES string of the molecule is CC(C)C(NC(=O)C(N)CS)C(=O)NC(CC(N)=O)C(=O)NC(Cc1ccccc1)C(=O)O. The van der Waals surface area contributed by atoms with Gasteiger partial charge in [-0.25, -0.2) is 4.79 Å². The number of thiol groups is 1. The second-order valence-corrected chi connectivity index (χ2v) is 8.21. The summed E-state index contributed by atoms with van der Waals surface area (Å²) >= 11 is 3.95. The van der Waals surface area contributed by atoms with Crippen LogP contribution >= 0.6 is 12.6 Å². The Balaban J connectivity index is 2.98. The molecule has 4 atom stereocenters. The Kier molecular flexibility index (Phi) is 11.4. The molecule has 33 heavy (non-hydrogen) atoms. The van der Waals surface area contributed by atoms with Crippen molar-refractivity contribution in [3.8, 4) is 0 Å². The monoisotopic (exact) mass is 481 g/mol. The Morgan fingerprint density at radius 3 is 2.00 bits per heavy atom. The van der Waals surface area contributed by atoms with Crippen LogP contribution < -0.4 is 27.4 Å². The van der Waals surface area contributed by atoms with Crippen LogP contribution in [0.15, 0.2) is 30.3 Å². The van der Waals surface area contributed by atoms with Gasteiger partial charge in [0.15, 0.2) is 0 Å². The minimum Gasteiger partial charge on any atom is -0.480 e. The van der Waals surface area contributed by atoms with Crippen LogP contribution in [-0.4, -0.2) is 64.6 Å². The van der Waals surface area contributed by atoms with Crippen LogP contribution in [0.4, 0.5) is 0 Å². The van der Waals surface area contributed by atoms with Gasteiger partial charge in [-0.05, 0) is 11.5 Å². The van der Waals surface area contributed by atoms with Gasteiger partial charge in [-0.1, -0.05) is 44.2 Å². The molecule has 0 aliphatic rings. The molecule has 0 radical (unpaired) electrons. The molecule has 0 saturated heterocycles. The summed E-state index contributed by atoms with van der Waals surface area (Å²) in [5, 5.41) is 16.7. The average Bonchev–Trinajstić information content (AvgIpc) is 2.75. The topological polar surface area (TPSA) is 194 Å². The summed E-state index contributed by atoms with van der Waals surface area (Å²) in [6.45, 7) is 3.33. The molecule has 11 nitrogen and oxygen atoms in total. The maximum atomic E-state index is 12.8. The molecule has 0 fully saturated rings. The fourth-order valence-corrected chi connectivity index (χ4v) is 3.04. The lowest BCUT2D eigenvalue weighted by Gasteiger charge is -2.26. The largest absolute Gasteiger partial charge is 0.480 e. The van der Waals surface area contributed by atoms with Gasteiger partial charge in [0, 0.05) is 12.2 Å². The normalized spacial score (nSPS) is 14.5. The summed E-state index contributed by atoms with van der Waals surface area (Å²) in [6, 6.07) is 3.88. The van der Waals surface area contributed by atoms with Crippen molar-refractivity contribution >= 4 is 42.2 Å². The zero-order chi connectivity index (χ0) is 25.1. The molecular weight excluding hydrogens is 450 g/mol. The standard InChI is InChI=1S/C21H31N5O6S/c1-11(2)17(26-18(28)13(22)10-33)20(30)24-14(9-16(23)27)19(29)25-15(21(31)32)8-12-6-4-3-5-7-12/h3-7,11,13-15,17,33H,8-10,22H2,1-2H3,(H2,23,27)(H,24,30)(H,25,29)(H,26,28)(H,31,32). The Labute approximate surface area is 197 Å². The molecule has 1 aromatic rings. The van der Waals surface area contributed by atoms with Crippen molar-refractivity contribution in [2.45, 2.75) is 50.9 Å². The third-order valence-corrected chi connectivity index (χ3v) is 5.11. The van der Waals surface area contributed by atoms with Crippen molar-refractivity contribution in [3.63, 3.8) is 0 Å². The van der Waals surface area contributed by atoms with Gasteiger partial charge in [0.1, 0.15) is 18.1 Å². The molecule has 1 rings (SSSR count). The van der Waals surface area contributed by atoms with Gasteiger partial charge in [0.25, 0.3) is 0 Å². The molecule has 0 aliphatic carbocycles. The van der Waals surface area contributed by atoms with E-state index in [2.05, 4.69) is 28.6 Å². The lowest BCUT2D eigenvalue weighted by Crippen LogP contribution is -2.59. The Hall–Kier alpha value is -3.12. The number of benzene rings is 1. The molecule has 0 spiro atoms. The predicted molar refractivity (Wildman–Crippen MR) is 124 cm³/mol. The molecule has 1 aromatic carbocycles. The molecule has 8 N–H and O–H groups in total. The zero-order valence-electron chi connectivity index (χ0n) is 18.5. The molecule has 12 heteroatoms. The maximum absolute atomic E-state index is 12.8. The summed E-state index contributed by atoms with van der Waals surface area (Å²) in [5.41, 5.74) is 11.5. The molecule has 0 heterocycles. The summed E-state index contributed by atoms with van der Waals surface area (Å²) in [7, 11) is 0.